The highest BCUT2D eigenvalue weighted by Crippen LogP contribution is 2.13. The molecule has 0 heterocycles. The van der Waals surface area contributed by atoms with E-state index in [0.29, 0.717) is 6.61 Å². The number of carbonyl (C=O) groups excluding carboxylic acids is 1. The predicted molar refractivity (Wildman–Crippen MR) is 86.6 cm³/mol. The van der Waals surface area contributed by atoms with Crippen molar-refractivity contribution in [2.75, 3.05) is 6.61 Å². The van der Waals surface area contributed by atoms with E-state index in [1.54, 1.807) is 0 Å². The maximum absolute atomic E-state index is 9.81. The van der Waals surface area contributed by atoms with Crippen molar-refractivity contribution in [2.24, 2.45) is 0 Å². The minimum atomic E-state index is 0.543. The molecule has 2 heteroatoms. The molecule has 0 aliphatic heterocycles. The molecule has 0 rings (SSSR count). The number of unbranched alkanes of at least 4 members (excludes halogenated alkanes) is 14. The minimum Gasteiger partial charge on any atom is -0.457 e. The first-order valence-corrected chi connectivity index (χ1v) is 8.90. The average Bonchev–Trinajstić information content (AvgIpc) is 2.47. The van der Waals surface area contributed by atoms with Gasteiger partial charge in [0.15, 0.2) is 0 Å². The highest BCUT2D eigenvalue weighted by molar-refractivity contribution is 5.37. The molecule has 20 heavy (non-hydrogen) atoms. The van der Waals surface area contributed by atoms with Crippen LogP contribution in [0.3, 0.4) is 0 Å². The Morgan fingerprint density at radius 2 is 0.950 bits per heavy atom. The Kier molecular flexibility index (Phi) is 18.0. The lowest BCUT2D eigenvalue weighted by molar-refractivity contribution is 0.268. The fourth-order valence-electron chi connectivity index (χ4n) is 2.59. The summed E-state index contributed by atoms with van der Waals surface area (Å²) < 4.78 is 4.54. The van der Waals surface area contributed by atoms with Crippen LogP contribution >= 0.6 is 0 Å². The molecule has 0 saturated heterocycles. The zero-order chi connectivity index (χ0) is 14.7. The van der Waals surface area contributed by atoms with Crippen molar-refractivity contribution in [2.45, 2.75) is 103 Å². The van der Waals surface area contributed by atoms with Crippen LogP contribution in [0.1, 0.15) is 103 Å². The fourth-order valence-corrected chi connectivity index (χ4v) is 2.59. The molecule has 0 unspecified atom stereocenters. The summed E-state index contributed by atoms with van der Waals surface area (Å²) in [4.78, 5) is 9.81. The van der Waals surface area contributed by atoms with Crippen molar-refractivity contribution in [1.82, 2.24) is 0 Å². The minimum absolute atomic E-state index is 0.543. The van der Waals surface area contributed by atoms with E-state index in [1.807, 2.05) is 0 Å². The van der Waals surface area contributed by atoms with Gasteiger partial charge in [-0.25, -0.2) is 4.79 Å². The van der Waals surface area contributed by atoms with Gasteiger partial charge in [-0.05, 0) is 6.42 Å². The third kappa shape index (κ3) is 17.5. The number of rotatable bonds is 17. The molecule has 0 atom stereocenters. The fraction of sp³-hybridized carbons (Fsp3) is 0.944. The summed E-state index contributed by atoms with van der Waals surface area (Å²) in [7, 11) is 0. The van der Waals surface area contributed by atoms with Gasteiger partial charge < -0.3 is 4.74 Å². The largest absolute Gasteiger partial charge is 0.457 e. The van der Waals surface area contributed by atoms with E-state index < -0.39 is 0 Å². The monoisotopic (exact) mass is 283 g/mol. The third-order valence-electron chi connectivity index (χ3n) is 3.91. The molecule has 0 aromatic carbocycles. The number of hydrogen-bond acceptors (Lipinski definition) is 2. The summed E-state index contributed by atoms with van der Waals surface area (Å²) in [5.41, 5.74) is 0. The Bertz CT molecular complexity index is 180. The van der Waals surface area contributed by atoms with Gasteiger partial charge in [0, 0.05) is 0 Å². The standard InChI is InChI=1S/C18H35O2/c1-2-3-4-5-6-7-8-9-10-11-12-13-14-15-16-17-20-18-19/h2-17H2,1H3. The summed E-state index contributed by atoms with van der Waals surface area (Å²) in [5.74, 6) is 0. The first-order valence-electron chi connectivity index (χ1n) is 8.90. The summed E-state index contributed by atoms with van der Waals surface area (Å²) in [5, 5.41) is 0. The van der Waals surface area contributed by atoms with Crippen molar-refractivity contribution in [1.29, 1.82) is 0 Å². The second kappa shape index (κ2) is 18.5. The lowest BCUT2D eigenvalue weighted by atomic mass is 10.0. The summed E-state index contributed by atoms with van der Waals surface area (Å²) in [6.07, 6.45) is 20.4. The van der Waals surface area contributed by atoms with Gasteiger partial charge in [0.2, 0.25) is 0 Å². The molecular weight excluding hydrogens is 248 g/mol. The van der Waals surface area contributed by atoms with Crippen molar-refractivity contribution in [3.8, 4) is 0 Å². The zero-order valence-corrected chi connectivity index (χ0v) is 13.6. The Hall–Kier alpha value is -0.530. The van der Waals surface area contributed by atoms with Crippen LogP contribution < -0.4 is 0 Å². The van der Waals surface area contributed by atoms with E-state index in [-0.39, 0.29) is 0 Å². The summed E-state index contributed by atoms with van der Waals surface area (Å²) >= 11 is 0. The molecule has 0 aromatic rings. The van der Waals surface area contributed by atoms with Crippen LogP contribution in [0.4, 0.5) is 0 Å². The summed E-state index contributed by atoms with van der Waals surface area (Å²) in [6, 6.07) is 0. The number of hydrogen-bond donors (Lipinski definition) is 0. The molecule has 0 N–H and O–H groups in total. The van der Waals surface area contributed by atoms with Gasteiger partial charge in [-0.2, -0.15) is 0 Å². The van der Waals surface area contributed by atoms with E-state index in [9.17, 15) is 4.79 Å². The zero-order valence-electron chi connectivity index (χ0n) is 13.6. The normalized spacial score (nSPS) is 10.7. The third-order valence-corrected chi connectivity index (χ3v) is 3.91. The topological polar surface area (TPSA) is 26.3 Å². The molecule has 0 aliphatic carbocycles. The molecular formula is C18H35O2. The SMILES string of the molecule is CCCCCCCCCCCCCCCCCO[C]=O. The Balaban J connectivity index is 2.90. The van der Waals surface area contributed by atoms with Gasteiger partial charge >= 0.3 is 6.47 Å². The average molecular weight is 283 g/mol. The lowest BCUT2D eigenvalue weighted by Gasteiger charge is -2.03. The maximum Gasteiger partial charge on any atom is 0.417 e. The molecule has 0 bridgehead atoms. The van der Waals surface area contributed by atoms with Crippen LogP contribution in [0.25, 0.3) is 0 Å². The van der Waals surface area contributed by atoms with Crippen LogP contribution in [-0.2, 0) is 9.53 Å². The molecule has 0 fully saturated rings. The van der Waals surface area contributed by atoms with Gasteiger partial charge in [-0.3, -0.25) is 0 Å². The molecule has 0 aliphatic rings. The molecule has 119 valence electrons. The first-order chi connectivity index (χ1) is 9.91. The van der Waals surface area contributed by atoms with Crippen LogP contribution in [0, 0.1) is 0 Å². The maximum atomic E-state index is 9.81. The van der Waals surface area contributed by atoms with Gasteiger partial charge in [-0.1, -0.05) is 96.8 Å². The van der Waals surface area contributed by atoms with E-state index in [2.05, 4.69) is 11.7 Å². The molecule has 2 nitrogen and oxygen atoms in total. The predicted octanol–water partition coefficient (Wildman–Crippen LogP) is 5.94. The van der Waals surface area contributed by atoms with Crippen LogP contribution in [0.15, 0.2) is 0 Å². The molecule has 1 radical (unpaired) electrons. The van der Waals surface area contributed by atoms with Crippen LogP contribution in [-0.4, -0.2) is 13.1 Å². The van der Waals surface area contributed by atoms with Gasteiger partial charge in [0.1, 0.15) is 0 Å². The number of ether oxygens (including phenoxy) is 1. The van der Waals surface area contributed by atoms with E-state index in [1.165, 1.54) is 96.4 Å². The molecule has 0 aromatic heterocycles. The van der Waals surface area contributed by atoms with E-state index in [0.717, 1.165) is 6.42 Å². The Labute approximate surface area is 126 Å². The second-order valence-electron chi connectivity index (χ2n) is 5.88. The van der Waals surface area contributed by atoms with Gasteiger partial charge in [0.05, 0.1) is 6.61 Å². The van der Waals surface area contributed by atoms with Gasteiger partial charge in [0.25, 0.3) is 0 Å². The Morgan fingerprint density at radius 3 is 1.30 bits per heavy atom. The Morgan fingerprint density at radius 1 is 0.600 bits per heavy atom. The lowest BCUT2D eigenvalue weighted by Crippen LogP contribution is -1.91. The van der Waals surface area contributed by atoms with Crippen molar-refractivity contribution >= 4 is 6.47 Å². The van der Waals surface area contributed by atoms with E-state index in [4.69, 9.17) is 0 Å². The smallest absolute Gasteiger partial charge is 0.417 e. The molecule has 0 spiro atoms. The van der Waals surface area contributed by atoms with Crippen molar-refractivity contribution in [3.05, 3.63) is 0 Å². The van der Waals surface area contributed by atoms with Crippen molar-refractivity contribution < 1.29 is 9.53 Å². The second-order valence-corrected chi connectivity index (χ2v) is 5.88. The summed E-state index contributed by atoms with van der Waals surface area (Å²) in [6.45, 7) is 4.29. The van der Waals surface area contributed by atoms with Crippen molar-refractivity contribution in [3.63, 3.8) is 0 Å². The highest BCUT2D eigenvalue weighted by Gasteiger charge is 1.94. The van der Waals surface area contributed by atoms with Crippen LogP contribution in [0.5, 0.6) is 0 Å². The quantitative estimate of drug-likeness (QED) is 0.309. The van der Waals surface area contributed by atoms with Crippen LogP contribution in [0.2, 0.25) is 0 Å². The van der Waals surface area contributed by atoms with E-state index >= 15 is 0 Å². The first kappa shape index (κ1) is 19.5. The highest BCUT2D eigenvalue weighted by atomic mass is 16.5. The van der Waals surface area contributed by atoms with Gasteiger partial charge in [-0.15, -0.1) is 0 Å². The molecule has 0 amide bonds. The molecule has 0 saturated carbocycles.